The van der Waals surface area contributed by atoms with Crippen molar-refractivity contribution in [2.24, 2.45) is 5.92 Å². The Labute approximate surface area is 237 Å². The van der Waals surface area contributed by atoms with Crippen molar-refractivity contribution in [1.29, 1.82) is 0 Å². The molecule has 0 aliphatic carbocycles. The number of carbonyl (C=O) groups excluding carboxylic acids is 2. The summed E-state index contributed by atoms with van der Waals surface area (Å²) >= 11 is 0. The quantitative estimate of drug-likeness (QED) is 0.382. The van der Waals surface area contributed by atoms with Gasteiger partial charge in [-0.1, -0.05) is 24.3 Å². The molecular formula is C31H33F2N3O5. The van der Waals surface area contributed by atoms with Crippen molar-refractivity contribution in [3.05, 3.63) is 95.1 Å². The number of rotatable bonds is 8. The fourth-order valence-corrected chi connectivity index (χ4v) is 5.42. The zero-order valence-corrected chi connectivity index (χ0v) is 22.7. The molecule has 2 heterocycles. The molecule has 5 rings (SSSR count). The van der Waals surface area contributed by atoms with E-state index in [0.29, 0.717) is 41.9 Å². The number of aliphatic hydroxyl groups is 1. The Bertz CT molecular complexity index is 1380. The smallest absolute Gasteiger partial charge is 0.410 e. The number of carbonyl (C=O) groups is 2. The second-order valence-corrected chi connectivity index (χ2v) is 10.6. The van der Waals surface area contributed by atoms with Gasteiger partial charge in [0.15, 0.2) is 0 Å². The molecule has 10 heteroatoms. The highest BCUT2D eigenvalue weighted by Gasteiger charge is 2.49. The van der Waals surface area contributed by atoms with Crippen LogP contribution in [-0.4, -0.2) is 65.2 Å². The standard InChI is InChI=1S/C31H33F2N3O5/c1-34-14-16-35(17-15-34)31(40)41-19-20-2-11-25(28(38)18-20)29-26(12-13-27(37)21-3-5-22(32)6-4-21)30(39)36(29)24-9-7-23(33)8-10-24/h2-11,18,26-27,29,37-38H,12-17,19H2,1H3/t26-,27+,29-/m1/s1. The highest BCUT2D eigenvalue weighted by atomic mass is 19.1. The number of anilines is 1. The summed E-state index contributed by atoms with van der Waals surface area (Å²) in [7, 11) is 2.00. The van der Waals surface area contributed by atoms with Gasteiger partial charge in [0.25, 0.3) is 0 Å². The summed E-state index contributed by atoms with van der Waals surface area (Å²) in [5, 5.41) is 21.7. The lowest BCUT2D eigenvalue weighted by atomic mass is 9.77. The van der Waals surface area contributed by atoms with Gasteiger partial charge in [-0.25, -0.2) is 13.6 Å². The number of benzene rings is 3. The third-order valence-corrected chi connectivity index (χ3v) is 7.86. The molecule has 8 nitrogen and oxygen atoms in total. The van der Waals surface area contributed by atoms with Gasteiger partial charge in [-0.05, 0) is 73.5 Å². The summed E-state index contributed by atoms with van der Waals surface area (Å²) in [6, 6.07) is 15.5. The fraction of sp³-hybridized carbons (Fsp3) is 0.355. The number of aromatic hydroxyl groups is 1. The van der Waals surface area contributed by atoms with Crippen molar-refractivity contribution in [1.82, 2.24) is 9.80 Å². The average Bonchev–Trinajstić information content (AvgIpc) is 2.96. The van der Waals surface area contributed by atoms with E-state index in [1.54, 1.807) is 17.0 Å². The number of hydrogen-bond donors (Lipinski definition) is 2. The van der Waals surface area contributed by atoms with Crippen LogP contribution in [0.3, 0.4) is 0 Å². The van der Waals surface area contributed by atoms with Crippen LogP contribution in [0.1, 0.15) is 41.7 Å². The van der Waals surface area contributed by atoms with E-state index in [2.05, 4.69) is 4.90 Å². The largest absolute Gasteiger partial charge is 0.508 e. The highest BCUT2D eigenvalue weighted by molar-refractivity contribution is 6.03. The summed E-state index contributed by atoms with van der Waals surface area (Å²) in [5.41, 5.74) is 2.12. The summed E-state index contributed by atoms with van der Waals surface area (Å²) in [5.74, 6) is -1.67. The third-order valence-electron chi connectivity index (χ3n) is 7.86. The Morgan fingerprint density at radius 2 is 1.61 bits per heavy atom. The van der Waals surface area contributed by atoms with E-state index in [-0.39, 0.29) is 24.7 Å². The van der Waals surface area contributed by atoms with Crippen LogP contribution in [0.5, 0.6) is 5.75 Å². The van der Waals surface area contributed by atoms with E-state index < -0.39 is 35.8 Å². The maximum absolute atomic E-state index is 13.6. The molecule has 0 saturated carbocycles. The maximum atomic E-state index is 13.6. The summed E-state index contributed by atoms with van der Waals surface area (Å²) in [4.78, 5) is 31.1. The SMILES string of the molecule is CN1CCN(C(=O)OCc2ccc([C@@H]3[C@@H](CC[C@H](O)c4ccc(F)cc4)C(=O)N3c3ccc(F)cc3)c(O)c2)CC1. The summed E-state index contributed by atoms with van der Waals surface area (Å²) < 4.78 is 32.4. The Balaban J connectivity index is 1.31. The van der Waals surface area contributed by atoms with Gasteiger partial charge in [-0.2, -0.15) is 0 Å². The molecule has 0 radical (unpaired) electrons. The van der Waals surface area contributed by atoms with Gasteiger partial charge in [-0.3, -0.25) is 4.79 Å². The first-order chi connectivity index (χ1) is 19.7. The van der Waals surface area contributed by atoms with Crippen molar-refractivity contribution >= 4 is 17.7 Å². The van der Waals surface area contributed by atoms with Crippen molar-refractivity contribution < 1.29 is 33.3 Å². The molecule has 0 bridgehead atoms. The molecule has 0 spiro atoms. The molecule has 2 N–H and O–H groups in total. The van der Waals surface area contributed by atoms with Crippen LogP contribution in [0.4, 0.5) is 19.3 Å². The molecule has 2 aliphatic rings. The van der Waals surface area contributed by atoms with E-state index in [0.717, 1.165) is 13.1 Å². The molecule has 2 saturated heterocycles. The molecule has 2 fully saturated rings. The lowest BCUT2D eigenvalue weighted by Crippen LogP contribution is -2.55. The summed E-state index contributed by atoms with van der Waals surface area (Å²) in [6.45, 7) is 2.71. The molecule has 2 amide bonds. The van der Waals surface area contributed by atoms with Crippen LogP contribution in [0.15, 0.2) is 66.7 Å². The number of amides is 2. The maximum Gasteiger partial charge on any atom is 0.410 e. The van der Waals surface area contributed by atoms with E-state index in [9.17, 15) is 28.6 Å². The van der Waals surface area contributed by atoms with Crippen LogP contribution in [-0.2, 0) is 16.1 Å². The molecule has 3 atom stereocenters. The van der Waals surface area contributed by atoms with Gasteiger partial charge >= 0.3 is 6.09 Å². The predicted octanol–water partition coefficient (Wildman–Crippen LogP) is 4.77. The zero-order chi connectivity index (χ0) is 29.1. The van der Waals surface area contributed by atoms with Crippen molar-refractivity contribution in [2.45, 2.75) is 31.6 Å². The Kier molecular flexibility index (Phi) is 8.51. The third kappa shape index (κ3) is 6.34. The topological polar surface area (TPSA) is 93.6 Å². The number of aliphatic hydroxyl groups excluding tert-OH is 1. The van der Waals surface area contributed by atoms with Gasteiger partial charge in [0.1, 0.15) is 24.0 Å². The van der Waals surface area contributed by atoms with Gasteiger partial charge in [-0.15, -0.1) is 0 Å². The molecule has 3 aromatic rings. The first kappa shape index (κ1) is 28.5. The first-order valence-corrected chi connectivity index (χ1v) is 13.7. The minimum Gasteiger partial charge on any atom is -0.508 e. The lowest BCUT2D eigenvalue weighted by molar-refractivity contribution is -0.131. The lowest BCUT2D eigenvalue weighted by Gasteiger charge is -2.48. The van der Waals surface area contributed by atoms with E-state index >= 15 is 0 Å². The van der Waals surface area contributed by atoms with Gasteiger partial charge in [0.05, 0.1) is 18.1 Å². The molecule has 0 aromatic heterocycles. The minimum absolute atomic E-state index is 0.0163. The number of hydrogen-bond acceptors (Lipinski definition) is 6. The van der Waals surface area contributed by atoms with Crippen molar-refractivity contribution in [2.75, 3.05) is 38.1 Å². The second kappa shape index (κ2) is 12.2. The average molecular weight is 566 g/mol. The highest BCUT2D eigenvalue weighted by Crippen LogP contribution is 2.48. The Morgan fingerprint density at radius 1 is 0.976 bits per heavy atom. The fourth-order valence-electron chi connectivity index (χ4n) is 5.42. The Morgan fingerprint density at radius 3 is 2.24 bits per heavy atom. The predicted molar refractivity (Wildman–Crippen MR) is 148 cm³/mol. The number of ether oxygens (including phenoxy) is 1. The molecule has 216 valence electrons. The second-order valence-electron chi connectivity index (χ2n) is 10.6. The van der Waals surface area contributed by atoms with Gasteiger partial charge in [0.2, 0.25) is 5.91 Å². The number of halogens is 2. The van der Waals surface area contributed by atoms with E-state index in [1.165, 1.54) is 59.5 Å². The number of β-lactam (4-membered cyclic amide) rings is 1. The first-order valence-electron chi connectivity index (χ1n) is 13.7. The monoisotopic (exact) mass is 565 g/mol. The van der Waals surface area contributed by atoms with Gasteiger partial charge in [0, 0.05) is 37.4 Å². The Hall–Kier alpha value is -4.02. The van der Waals surface area contributed by atoms with E-state index in [4.69, 9.17) is 4.74 Å². The van der Waals surface area contributed by atoms with Crippen molar-refractivity contribution in [3.8, 4) is 5.75 Å². The number of piperazine rings is 1. The van der Waals surface area contributed by atoms with Crippen LogP contribution in [0.25, 0.3) is 0 Å². The minimum atomic E-state index is -0.894. The number of likely N-dealkylation sites (N-methyl/N-ethyl adjacent to an activating group) is 1. The number of phenols is 1. The summed E-state index contributed by atoms with van der Waals surface area (Å²) in [6.07, 6.45) is -0.746. The number of phenolic OH excluding ortho intramolecular Hbond substituents is 1. The molecule has 0 unspecified atom stereocenters. The van der Waals surface area contributed by atoms with Crippen LogP contribution in [0, 0.1) is 17.6 Å². The van der Waals surface area contributed by atoms with Crippen molar-refractivity contribution in [3.63, 3.8) is 0 Å². The van der Waals surface area contributed by atoms with Crippen LogP contribution >= 0.6 is 0 Å². The number of nitrogens with zero attached hydrogens (tertiary/aromatic N) is 3. The molecule has 3 aromatic carbocycles. The van der Waals surface area contributed by atoms with Gasteiger partial charge < -0.3 is 29.6 Å². The zero-order valence-electron chi connectivity index (χ0n) is 22.7. The molecule has 2 aliphatic heterocycles. The van der Waals surface area contributed by atoms with E-state index in [1.807, 2.05) is 7.05 Å². The molecule has 41 heavy (non-hydrogen) atoms. The molecular weight excluding hydrogens is 532 g/mol. The van der Waals surface area contributed by atoms with Crippen LogP contribution < -0.4 is 4.90 Å². The van der Waals surface area contributed by atoms with Crippen LogP contribution in [0.2, 0.25) is 0 Å². The normalized spacial score (nSPS) is 20.0.